The van der Waals surface area contributed by atoms with Gasteiger partial charge in [0.2, 0.25) is 0 Å². The van der Waals surface area contributed by atoms with E-state index in [1.54, 1.807) is 17.0 Å². The number of fused-ring (bicyclic) bond motifs is 1. The summed E-state index contributed by atoms with van der Waals surface area (Å²) in [4.78, 5) is 26.2. The minimum atomic E-state index is -0.568. The highest BCUT2D eigenvalue weighted by Crippen LogP contribution is 2.19. The van der Waals surface area contributed by atoms with Gasteiger partial charge in [-0.1, -0.05) is 36.4 Å². The number of carbonyl (C=O) groups is 2. The third-order valence-corrected chi connectivity index (χ3v) is 4.35. The maximum absolute atomic E-state index is 12.3. The van der Waals surface area contributed by atoms with Crippen molar-refractivity contribution in [3.63, 3.8) is 0 Å². The van der Waals surface area contributed by atoms with Gasteiger partial charge < -0.3 is 15.4 Å². The van der Waals surface area contributed by atoms with E-state index in [4.69, 9.17) is 10.5 Å². The quantitative estimate of drug-likeness (QED) is 0.695. The fourth-order valence-electron chi connectivity index (χ4n) is 2.86. The number of rotatable bonds is 3. The van der Waals surface area contributed by atoms with Crippen LogP contribution in [0.2, 0.25) is 0 Å². The van der Waals surface area contributed by atoms with Gasteiger partial charge in [0.1, 0.15) is 0 Å². The maximum atomic E-state index is 12.3. The molecule has 0 saturated carbocycles. The van der Waals surface area contributed by atoms with Crippen molar-refractivity contribution in [3.8, 4) is 0 Å². The van der Waals surface area contributed by atoms with Crippen LogP contribution < -0.4 is 5.73 Å². The Morgan fingerprint density at radius 1 is 1.12 bits per heavy atom. The molecule has 5 heteroatoms. The van der Waals surface area contributed by atoms with Crippen molar-refractivity contribution in [2.45, 2.75) is 19.9 Å². The van der Waals surface area contributed by atoms with E-state index in [1.165, 1.54) is 5.56 Å². The second-order valence-corrected chi connectivity index (χ2v) is 5.95. The number of hydrogen-bond acceptors (Lipinski definition) is 4. The summed E-state index contributed by atoms with van der Waals surface area (Å²) in [7, 11) is 0. The Morgan fingerprint density at radius 2 is 1.88 bits per heavy atom. The van der Waals surface area contributed by atoms with Crippen molar-refractivity contribution < 1.29 is 14.3 Å². The van der Waals surface area contributed by atoms with Crippen LogP contribution in [0, 0.1) is 6.92 Å². The summed E-state index contributed by atoms with van der Waals surface area (Å²) in [6, 6.07) is 13.2. The minimum absolute atomic E-state index is 0.191. The van der Waals surface area contributed by atoms with Crippen LogP contribution >= 0.6 is 0 Å². The normalized spacial score (nSPS) is 13.3. The Morgan fingerprint density at radius 3 is 2.67 bits per heavy atom. The summed E-state index contributed by atoms with van der Waals surface area (Å²) in [6.07, 6.45) is 0.820. The molecule has 0 unspecified atom stereocenters. The molecule has 2 aromatic carbocycles. The third kappa shape index (κ3) is 3.25. The molecule has 0 radical (unpaired) electrons. The summed E-state index contributed by atoms with van der Waals surface area (Å²) in [6.45, 7) is 2.75. The largest absolute Gasteiger partial charge is 0.452 e. The second-order valence-electron chi connectivity index (χ2n) is 5.95. The van der Waals surface area contributed by atoms with Crippen molar-refractivity contribution in [2.24, 2.45) is 0 Å². The number of nitrogens with zero attached hydrogens (tertiary/aromatic N) is 1. The molecule has 1 aliphatic heterocycles. The lowest BCUT2D eigenvalue weighted by Crippen LogP contribution is -2.38. The number of amides is 1. The zero-order chi connectivity index (χ0) is 17.1. The average Bonchev–Trinajstić information content (AvgIpc) is 2.61. The predicted octanol–water partition coefficient (Wildman–Crippen LogP) is 2.32. The van der Waals surface area contributed by atoms with Gasteiger partial charge in [0, 0.05) is 18.8 Å². The topological polar surface area (TPSA) is 72.6 Å². The summed E-state index contributed by atoms with van der Waals surface area (Å²) < 4.78 is 5.16. The molecule has 2 N–H and O–H groups in total. The smallest absolute Gasteiger partial charge is 0.340 e. The lowest BCUT2D eigenvalue weighted by atomic mass is 10.00. The average molecular weight is 324 g/mol. The number of aryl methyl sites for hydroxylation is 1. The third-order valence-electron chi connectivity index (χ3n) is 4.35. The summed E-state index contributed by atoms with van der Waals surface area (Å²) in [5.41, 5.74) is 9.80. The summed E-state index contributed by atoms with van der Waals surface area (Å²) in [5, 5.41) is 0. The van der Waals surface area contributed by atoms with E-state index in [0.717, 1.165) is 17.5 Å². The molecule has 0 aromatic heterocycles. The lowest BCUT2D eigenvalue weighted by Gasteiger charge is -2.28. The molecule has 1 aliphatic rings. The Balaban J connectivity index is 1.60. The number of esters is 1. The number of nitrogens with two attached hydrogens (primary N) is 1. The van der Waals surface area contributed by atoms with Crippen LogP contribution in [0.5, 0.6) is 0 Å². The van der Waals surface area contributed by atoms with Crippen molar-refractivity contribution in [3.05, 3.63) is 64.7 Å². The number of benzene rings is 2. The van der Waals surface area contributed by atoms with Crippen LogP contribution in [0.4, 0.5) is 5.69 Å². The first-order chi connectivity index (χ1) is 11.6. The number of ether oxygens (including phenoxy) is 1. The van der Waals surface area contributed by atoms with E-state index in [0.29, 0.717) is 24.3 Å². The van der Waals surface area contributed by atoms with Gasteiger partial charge in [-0.3, -0.25) is 4.79 Å². The first-order valence-corrected chi connectivity index (χ1v) is 7.93. The molecular weight excluding hydrogens is 304 g/mol. The lowest BCUT2D eigenvalue weighted by molar-refractivity contribution is -0.135. The van der Waals surface area contributed by atoms with Gasteiger partial charge >= 0.3 is 5.97 Å². The Kier molecular flexibility index (Phi) is 4.51. The van der Waals surface area contributed by atoms with Crippen LogP contribution in [-0.4, -0.2) is 29.9 Å². The summed E-state index contributed by atoms with van der Waals surface area (Å²) >= 11 is 0. The second kappa shape index (κ2) is 6.74. The number of anilines is 1. The SMILES string of the molecule is Cc1cccc(C(=O)OCC(=O)N2CCc3ccccc3C2)c1N. The monoisotopic (exact) mass is 324 g/mol. The van der Waals surface area contributed by atoms with E-state index >= 15 is 0 Å². The molecule has 2 aromatic rings. The summed E-state index contributed by atoms with van der Waals surface area (Å²) in [5.74, 6) is -0.758. The fourth-order valence-corrected chi connectivity index (χ4v) is 2.86. The molecule has 1 amide bonds. The predicted molar refractivity (Wildman–Crippen MR) is 91.4 cm³/mol. The van der Waals surface area contributed by atoms with E-state index < -0.39 is 5.97 Å². The van der Waals surface area contributed by atoms with Crippen LogP contribution in [0.3, 0.4) is 0 Å². The highest BCUT2D eigenvalue weighted by molar-refractivity contribution is 5.96. The Bertz CT molecular complexity index is 786. The molecule has 24 heavy (non-hydrogen) atoms. The maximum Gasteiger partial charge on any atom is 0.340 e. The molecule has 0 aliphatic carbocycles. The van der Waals surface area contributed by atoms with Gasteiger partial charge in [0.05, 0.1) is 5.56 Å². The number of nitrogen functional groups attached to an aromatic ring is 1. The van der Waals surface area contributed by atoms with E-state index in [2.05, 4.69) is 6.07 Å². The van der Waals surface area contributed by atoms with Gasteiger partial charge in [-0.2, -0.15) is 0 Å². The number of para-hydroxylation sites is 1. The highest BCUT2D eigenvalue weighted by Gasteiger charge is 2.22. The Hall–Kier alpha value is -2.82. The molecule has 0 bridgehead atoms. The highest BCUT2D eigenvalue weighted by atomic mass is 16.5. The molecule has 0 atom stereocenters. The molecular formula is C19H20N2O3. The van der Waals surface area contributed by atoms with Gasteiger partial charge in [-0.25, -0.2) is 4.79 Å². The van der Waals surface area contributed by atoms with Gasteiger partial charge in [-0.05, 0) is 36.1 Å². The zero-order valence-electron chi connectivity index (χ0n) is 13.6. The molecule has 0 spiro atoms. The van der Waals surface area contributed by atoms with Crippen LogP contribution in [0.25, 0.3) is 0 Å². The van der Waals surface area contributed by atoms with Crippen molar-refractivity contribution in [1.29, 1.82) is 0 Å². The first-order valence-electron chi connectivity index (χ1n) is 7.93. The molecule has 5 nitrogen and oxygen atoms in total. The minimum Gasteiger partial charge on any atom is -0.452 e. The van der Waals surface area contributed by atoms with Crippen molar-refractivity contribution in [2.75, 3.05) is 18.9 Å². The van der Waals surface area contributed by atoms with Gasteiger partial charge in [-0.15, -0.1) is 0 Å². The zero-order valence-corrected chi connectivity index (χ0v) is 13.6. The van der Waals surface area contributed by atoms with Gasteiger partial charge in [0.15, 0.2) is 6.61 Å². The molecule has 1 heterocycles. The van der Waals surface area contributed by atoms with E-state index in [-0.39, 0.29) is 12.5 Å². The first kappa shape index (κ1) is 16.1. The standard InChI is InChI=1S/C19H20N2O3/c1-13-5-4-8-16(18(13)20)19(23)24-12-17(22)21-10-9-14-6-2-3-7-15(14)11-21/h2-8H,9-12,20H2,1H3. The van der Waals surface area contributed by atoms with E-state index in [1.807, 2.05) is 31.2 Å². The van der Waals surface area contributed by atoms with Crippen LogP contribution in [0.15, 0.2) is 42.5 Å². The molecule has 0 saturated heterocycles. The van der Waals surface area contributed by atoms with Crippen LogP contribution in [0.1, 0.15) is 27.0 Å². The van der Waals surface area contributed by atoms with Gasteiger partial charge in [0.25, 0.3) is 5.91 Å². The van der Waals surface area contributed by atoms with Crippen molar-refractivity contribution >= 4 is 17.6 Å². The molecule has 3 rings (SSSR count). The van der Waals surface area contributed by atoms with Crippen LogP contribution in [-0.2, 0) is 22.5 Å². The number of hydrogen-bond donors (Lipinski definition) is 1. The molecule has 0 fully saturated rings. The van der Waals surface area contributed by atoms with E-state index in [9.17, 15) is 9.59 Å². The Labute approximate surface area is 141 Å². The fraction of sp³-hybridized carbons (Fsp3) is 0.263. The number of carbonyl (C=O) groups excluding carboxylic acids is 2. The van der Waals surface area contributed by atoms with Crippen molar-refractivity contribution in [1.82, 2.24) is 4.90 Å². The molecule has 124 valence electrons.